The monoisotopic (exact) mass is 557 g/mol. The molecule has 1 aromatic heterocycles. The first-order valence-electron chi connectivity index (χ1n) is 16.2. The number of allylic oxidation sites excluding steroid dienone is 2. The lowest BCUT2D eigenvalue weighted by molar-refractivity contribution is -0.179. The molecule has 1 heterocycles. The van der Waals surface area contributed by atoms with Gasteiger partial charge in [-0.25, -0.2) is 4.39 Å². The first-order valence-corrected chi connectivity index (χ1v) is 16.2. The molecule has 0 unspecified atom stereocenters. The fourth-order valence-corrected chi connectivity index (χ4v) is 12.1. The minimum Gasteiger partial charge on any atom is -0.481 e. The second-order valence-electron chi connectivity index (χ2n) is 16.3. The number of carboxylic acids is 1. The van der Waals surface area contributed by atoms with Crippen LogP contribution in [0.25, 0.3) is 10.9 Å². The number of halogens is 1. The third kappa shape index (κ3) is 3.31. The zero-order chi connectivity index (χ0) is 29.3. The summed E-state index contributed by atoms with van der Waals surface area (Å²) in [5, 5.41) is 11.6. The van der Waals surface area contributed by atoms with Gasteiger partial charge >= 0.3 is 5.97 Å². The zero-order valence-electron chi connectivity index (χ0n) is 26.1. The minimum absolute atomic E-state index is 0.00795. The number of fused-ring (bicyclic) bond motifs is 9. The summed E-state index contributed by atoms with van der Waals surface area (Å²) in [5.74, 6) is 1.33. The van der Waals surface area contributed by atoms with Crippen LogP contribution in [0.1, 0.15) is 105 Å². The van der Waals surface area contributed by atoms with Crippen LogP contribution in [-0.4, -0.2) is 16.1 Å². The third-order valence-electron chi connectivity index (χ3n) is 14.6. The van der Waals surface area contributed by atoms with E-state index in [1.165, 1.54) is 35.7 Å². The summed E-state index contributed by atoms with van der Waals surface area (Å²) in [4.78, 5) is 18.2. The van der Waals surface area contributed by atoms with Gasteiger partial charge in [-0.05, 0) is 127 Å². The van der Waals surface area contributed by atoms with E-state index < -0.39 is 11.4 Å². The smallest absolute Gasteiger partial charge is 0.310 e. The van der Waals surface area contributed by atoms with Crippen molar-refractivity contribution in [2.45, 2.75) is 105 Å². The molecule has 3 saturated carbocycles. The van der Waals surface area contributed by atoms with Crippen LogP contribution >= 0.6 is 0 Å². The van der Waals surface area contributed by atoms with E-state index in [0.29, 0.717) is 23.7 Å². The summed E-state index contributed by atoms with van der Waals surface area (Å²) in [7, 11) is 0. The molecule has 1 aromatic carbocycles. The maximum Gasteiger partial charge on any atom is 0.310 e. The predicted octanol–water partition coefficient (Wildman–Crippen LogP) is 9.13. The number of pyridine rings is 1. The molecule has 0 saturated heterocycles. The van der Waals surface area contributed by atoms with E-state index in [2.05, 4.69) is 60.6 Å². The highest BCUT2D eigenvalue weighted by atomic mass is 19.1. The molecule has 0 amide bonds. The van der Waals surface area contributed by atoms with Crippen LogP contribution in [0.5, 0.6) is 0 Å². The van der Waals surface area contributed by atoms with Crippen LogP contribution in [-0.2, 0) is 16.6 Å². The van der Waals surface area contributed by atoms with Crippen LogP contribution in [0.15, 0.2) is 35.9 Å². The molecule has 0 radical (unpaired) electrons. The van der Waals surface area contributed by atoms with Gasteiger partial charge in [0.1, 0.15) is 5.82 Å². The van der Waals surface area contributed by atoms with Crippen LogP contribution in [0.4, 0.5) is 4.39 Å². The average Bonchev–Trinajstić information content (AvgIpc) is 2.90. The Kier molecular flexibility index (Phi) is 5.68. The fraction of sp³-hybridized carbons (Fsp3) is 0.676. The SMILES string of the molecule is C[C@H]1[C@H](C)CC[C@]2(C(=O)O)CC[C@]3(C)C(=CC[C@@H]4[C@@]5(C)Cc6cc7cc(F)ccc7nc6C(C)(C)[C@@H]5CC[C@]43C)[C@H]12. The Bertz CT molecular complexity index is 1490. The van der Waals surface area contributed by atoms with Gasteiger partial charge in [-0.15, -0.1) is 0 Å². The lowest BCUT2D eigenvalue weighted by atomic mass is 9.33. The van der Waals surface area contributed by atoms with Gasteiger partial charge in [0.15, 0.2) is 0 Å². The third-order valence-corrected chi connectivity index (χ3v) is 14.6. The van der Waals surface area contributed by atoms with Crippen molar-refractivity contribution in [3.05, 3.63) is 53.0 Å². The molecule has 0 spiro atoms. The van der Waals surface area contributed by atoms with Gasteiger partial charge in [-0.2, -0.15) is 0 Å². The van der Waals surface area contributed by atoms with E-state index in [9.17, 15) is 14.3 Å². The Balaban J connectivity index is 1.36. The van der Waals surface area contributed by atoms with Gasteiger partial charge < -0.3 is 5.11 Å². The molecule has 0 bridgehead atoms. The first-order chi connectivity index (χ1) is 19.2. The molecule has 41 heavy (non-hydrogen) atoms. The van der Waals surface area contributed by atoms with E-state index in [4.69, 9.17) is 4.98 Å². The number of aliphatic carboxylic acids is 1. The second kappa shape index (κ2) is 8.44. The molecule has 5 aliphatic carbocycles. The van der Waals surface area contributed by atoms with Gasteiger partial charge in [-0.1, -0.05) is 60.1 Å². The average molecular weight is 558 g/mol. The van der Waals surface area contributed by atoms with Crippen LogP contribution in [0.2, 0.25) is 0 Å². The van der Waals surface area contributed by atoms with E-state index >= 15 is 0 Å². The molecule has 9 atom stereocenters. The minimum atomic E-state index is -0.602. The highest BCUT2D eigenvalue weighted by molar-refractivity contribution is 5.80. The van der Waals surface area contributed by atoms with Crippen molar-refractivity contribution in [3.63, 3.8) is 0 Å². The predicted molar refractivity (Wildman–Crippen MR) is 162 cm³/mol. The molecule has 0 aliphatic heterocycles. The number of aromatic nitrogens is 1. The fourth-order valence-electron chi connectivity index (χ4n) is 12.1. The number of nitrogens with zero attached hydrogens (tertiary/aromatic N) is 1. The first kappa shape index (κ1) is 27.6. The van der Waals surface area contributed by atoms with Gasteiger partial charge in [0.2, 0.25) is 0 Å². The molecule has 1 N–H and O–H groups in total. The standard InChI is InChI=1S/C37H48FNO2/c1-21-12-15-37(32(40)41)17-16-35(6)26(30(37)22(21)2)9-11-29-34(5)20-24-18-23-19-25(38)8-10-27(23)39-31(24)33(3,4)28(34)13-14-36(29,35)7/h8-10,18-19,21-22,28-30H,11-17,20H2,1-7H3,(H,40,41)/t21-,22+,28+,29-,30+,34+,35-,36-,37+/m1/s1. The van der Waals surface area contributed by atoms with Crippen LogP contribution in [0, 0.1) is 57.1 Å². The summed E-state index contributed by atoms with van der Waals surface area (Å²) < 4.78 is 14.2. The molecule has 3 fully saturated rings. The molecule has 5 aliphatic rings. The van der Waals surface area contributed by atoms with Crippen molar-refractivity contribution in [3.8, 4) is 0 Å². The maximum atomic E-state index is 14.2. The van der Waals surface area contributed by atoms with Crippen LogP contribution in [0.3, 0.4) is 0 Å². The second-order valence-corrected chi connectivity index (χ2v) is 16.3. The Labute approximate surface area is 245 Å². The van der Waals surface area contributed by atoms with Crippen molar-refractivity contribution in [2.24, 2.45) is 51.2 Å². The number of benzene rings is 1. The van der Waals surface area contributed by atoms with E-state index in [-0.39, 0.29) is 33.4 Å². The van der Waals surface area contributed by atoms with Crippen molar-refractivity contribution in [2.75, 3.05) is 0 Å². The highest BCUT2D eigenvalue weighted by Crippen LogP contribution is 2.75. The summed E-state index contributed by atoms with van der Waals surface area (Å²) in [5.41, 5.74) is 4.40. The molecular formula is C37H48FNO2. The number of rotatable bonds is 1. The van der Waals surface area contributed by atoms with E-state index in [1.807, 2.05) is 6.07 Å². The Morgan fingerprint density at radius 2 is 1.73 bits per heavy atom. The van der Waals surface area contributed by atoms with Crippen molar-refractivity contribution in [1.29, 1.82) is 0 Å². The maximum absolute atomic E-state index is 14.2. The summed E-state index contributed by atoms with van der Waals surface area (Å²) in [6, 6.07) is 7.22. The van der Waals surface area contributed by atoms with Gasteiger partial charge in [0.25, 0.3) is 0 Å². The molecule has 220 valence electrons. The normalized spacial score (nSPS) is 44.5. The largest absolute Gasteiger partial charge is 0.481 e. The quantitative estimate of drug-likeness (QED) is 0.356. The Morgan fingerprint density at radius 1 is 0.976 bits per heavy atom. The molecule has 7 rings (SSSR count). The van der Waals surface area contributed by atoms with Gasteiger partial charge in [-0.3, -0.25) is 9.78 Å². The Morgan fingerprint density at radius 3 is 2.46 bits per heavy atom. The Hall–Kier alpha value is -2.23. The summed E-state index contributed by atoms with van der Waals surface area (Å²) in [6.07, 6.45) is 10.5. The van der Waals surface area contributed by atoms with Gasteiger partial charge in [0, 0.05) is 10.8 Å². The number of hydrogen-bond acceptors (Lipinski definition) is 2. The zero-order valence-corrected chi connectivity index (χ0v) is 26.1. The van der Waals surface area contributed by atoms with Crippen molar-refractivity contribution >= 4 is 16.9 Å². The van der Waals surface area contributed by atoms with E-state index in [0.717, 1.165) is 49.4 Å². The highest BCUT2D eigenvalue weighted by Gasteiger charge is 2.69. The lowest BCUT2D eigenvalue weighted by Gasteiger charge is -2.70. The summed E-state index contributed by atoms with van der Waals surface area (Å²) in [6.45, 7) is 17.1. The molecule has 2 aromatic rings. The number of carbonyl (C=O) groups is 1. The van der Waals surface area contributed by atoms with E-state index in [1.54, 1.807) is 6.07 Å². The van der Waals surface area contributed by atoms with Gasteiger partial charge in [0.05, 0.1) is 16.6 Å². The molecular weight excluding hydrogens is 509 g/mol. The number of carboxylic acid groups (broad SMARTS) is 1. The lowest BCUT2D eigenvalue weighted by Crippen LogP contribution is -2.65. The molecule has 3 nitrogen and oxygen atoms in total. The van der Waals surface area contributed by atoms with Crippen molar-refractivity contribution < 1.29 is 14.3 Å². The van der Waals surface area contributed by atoms with Crippen molar-refractivity contribution in [1.82, 2.24) is 4.98 Å². The summed E-state index contributed by atoms with van der Waals surface area (Å²) >= 11 is 0. The topological polar surface area (TPSA) is 50.2 Å². The number of hydrogen-bond donors (Lipinski definition) is 1. The molecule has 4 heteroatoms. The van der Waals surface area contributed by atoms with Crippen LogP contribution < -0.4 is 0 Å².